The Morgan fingerprint density at radius 2 is 2.19 bits per heavy atom. The van der Waals surface area contributed by atoms with Gasteiger partial charge in [-0.1, -0.05) is 0 Å². The highest BCUT2D eigenvalue weighted by atomic mass is 32.2. The molecular weight excluding hydrogens is 316 g/mol. The highest BCUT2D eigenvalue weighted by molar-refractivity contribution is 7.91. The minimum Gasteiger partial charge on any atom is -0.494 e. The molecule has 1 aromatic heterocycles. The number of thiophene rings is 1. The summed E-state index contributed by atoms with van der Waals surface area (Å²) in [6, 6.07) is 1.07. The maximum absolute atomic E-state index is 12.4. The van der Waals surface area contributed by atoms with E-state index in [4.69, 9.17) is 10.5 Å². The molecule has 0 saturated heterocycles. The molecule has 1 fully saturated rings. The van der Waals surface area contributed by atoms with Crippen molar-refractivity contribution in [2.75, 3.05) is 20.8 Å². The molecule has 1 unspecified atom stereocenters. The molecule has 1 aliphatic rings. The zero-order valence-corrected chi connectivity index (χ0v) is 13.4. The number of nitrogens with one attached hydrogen (secondary N) is 1. The van der Waals surface area contributed by atoms with E-state index in [1.807, 2.05) is 0 Å². The molecule has 118 valence electrons. The van der Waals surface area contributed by atoms with Gasteiger partial charge in [0.05, 0.1) is 14.2 Å². The lowest BCUT2D eigenvalue weighted by molar-refractivity contribution is 0.0606. The van der Waals surface area contributed by atoms with Gasteiger partial charge in [-0.25, -0.2) is 17.9 Å². The molecular formula is C12H18N2O5S2. The summed E-state index contributed by atoms with van der Waals surface area (Å²) < 4.78 is 37.1. The highest BCUT2D eigenvalue weighted by Gasteiger charge is 2.35. The zero-order chi connectivity index (χ0) is 15.6. The van der Waals surface area contributed by atoms with E-state index in [1.54, 1.807) is 0 Å². The number of nitrogens with two attached hydrogens (primary N) is 1. The standard InChI is InChI=1S/C12H18N2O5S2/c1-18-9-5-10(11(15)19-2)20-12(9)21(16,17)14-8(6-13)7-3-4-7/h5,7-8,14H,3-4,6,13H2,1-2H3. The van der Waals surface area contributed by atoms with Crippen molar-refractivity contribution < 1.29 is 22.7 Å². The molecule has 0 aliphatic heterocycles. The van der Waals surface area contributed by atoms with Gasteiger partial charge in [0.1, 0.15) is 4.88 Å². The van der Waals surface area contributed by atoms with E-state index in [-0.39, 0.29) is 33.3 Å². The summed E-state index contributed by atoms with van der Waals surface area (Å²) in [5, 5.41) is 0. The summed E-state index contributed by atoms with van der Waals surface area (Å²) in [6.45, 7) is 0.238. The molecule has 3 N–H and O–H groups in total. The number of esters is 1. The van der Waals surface area contributed by atoms with E-state index in [9.17, 15) is 13.2 Å². The number of rotatable bonds is 7. The summed E-state index contributed by atoms with van der Waals surface area (Å²) in [7, 11) is -1.20. The first-order chi connectivity index (χ1) is 9.92. The fourth-order valence-electron chi connectivity index (χ4n) is 1.98. The molecule has 0 spiro atoms. The second kappa shape index (κ2) is 6.30. The Kier molecular flexibility index (Phi) is 4.87. The van der Waals surface area contributed by atoms with Crippen LogP contribution in [0.25, 0.3) is 0 Å². The SMILES string of the molecule is COC(=O)c1cc(OC)c(S(=O)(=O)NC(CN)C2CC2)s1. The Hall–Kier alpha value is -1.16. The molecule has 0 radical (unpaired) electrons. The normalized spacial score (nSPS) is 16.5. The van der Waals surface area contributed by atoms with Gasteiger partial charge in [0.15, 0.2) is 9.96 Å². The quantitative estimate of drug-likeness (QED) is 0.705. The molecule has 0 aromatic carbocycles. The van der Waals surface area contributed by atoms with Crippen molar-refractivity contribution in [2.45, 2.75) is 23.1 Å². The Labute approximate surface area is 127 Å². The topological polar surface area (TPSA) is 108 Å². The van der Waals surface area contributed by atoms with Crippen molar-refractivity contribution in [1.82, 2.24) is 4.72 Å². The van der Waals surface area contributed by atoms with Crippen LogP contribution in [0.1, 0.15) is 22.5 Å². The van der Waals surface area contributed by atoms with E-state index in [1.165, 1.54) is 20.3 Å². The van der Waals surface area contributed by atoms with Crippen molar-refractivity contribution in [2.24, 2.45) is 11.7 Å². The van der Waals surface area contributed by atoms with Gasteiger partial charge in [0, 0.05) is 18.7 Å². The van der Waals surface area contributed by atoms with Crippen LogP contribution in [0.5, 0.6) is 5.75 Å². The molecule has 9 heteroatoms. The summed E-state index contributed by atoms with van der Waals surface area (Å²) in [5.74, 6) is -0.187. The molecule has 1 aliphatic carbocycles. The Morgan fingerprint density at radius 3 is 2.67 bits per heavy atom. The van der Waals surface area contributed by atoms with Crippen LogP contribution in [0.4, 0.5) is 0 Å². The van der Waals surface area contributed by atoms with E-state index in [0.717, 1.165) is 24.2 Å². The predicted molar refractivity (Wildman–Crippen MR) is 78.1 cm³/mol. The second-order valence-electron chi connectivity index (χ2n) is 4.76. The molecule has 7 nitrogen and oxygen atoms in total. The van der Waals surface area contributed by atoms with Crippen molar-refractivity contribution in [3.8, 4) is 5.75 Å². The lowest BCUT2D eigenvalue weighted by atomic mass is 10.2. The van der Waals surface area contributed by atoms with Gasteiger partial charge >= 0.3 is 5.97 Å². The maximum atomic E-state index is 12.4. The largest absolute Gasteiger partial charge is 0.494 e. The molecule has 2 rings (SSSR count). The van der Waals surface area contributed by atoms with Gasteiger partial charge in [-0.05, 0) is 18.8 Å². The number of hydrogen-bond donors (Lipinski definition) is 2. The van der Waals surface area contributed by atoms with Gasteiger partial charge in [-0.2, -0.15) is 0 Å². The van der Waals surface area contributed by atoms with Gasteiger partial charge in [-0.15, -0.1) is 11.3 Å². The van der Waals surface area contributed by atoms with Crippen molar-refractivity contribution >= 4 is 27.3 Å². The molecule has 1 aromatic rings. The predicted octanol–water partition coefficient (Wildman–Crippen LogP) is 0.559. The lowest BCUT2D eigenvalue weighted by Gasteiger charge is -2.15. The summed E-state index contributed by atoms with van der Waals surface area (Å²) in [5.41, 5.74) is 5.62. The van der Waals surface area contributed by atoms with Crippen molar-refractivity contribution in [3.05, 3.63) is 10.9 Å². The fraction of sp³-hybridized carbons (Fsp3) is 0.583. The molecule has 0 bridgehead atoms. The first-order valence-corrected chi connectivity index (χ1v) is 8.71. The van der Waals surface area contributed by atoms with Gasteiger partial charge in [0.2, 0.25) is 0 Å². The van der Waals surface area contributed by atoms with E-state index in [2.05, 4.69) is 9.46 Å². The number of ether oxygens (including phenoxy) is 2. The minimum absolute atomic E-state index is 0.0375. The number of carbonyl (C=O) groups excluding carboxylic acids is 1. The zero-order valence-electron chi connectivity index (χ0n) is 11.8. The van der Waals surface area contributed by atoms with E-state index < -0.39 is 16.0 Å². The third-order valence-electron chi connectivity index (χ3n) is 3.27. The van der Waals surface area contributed by atoms with Crippen molar-refractivity contribution in [1.29, 1.82) is 0 Å². The minimum atomic E-state index is -3.78. The molecule has 1 heterocycles. The molecule has 21 heavy (non-hydrogen) atoms. The lowest BCUT2D eigenvalue weighted by Crippen LogP contribution is -2.41. The Bertz CT molecular complexity index is 622. The van der Waals surface area contributed by atoms with Crippen LogP contribution in [-0.4, -0.2) is 41.2 Å². The molecule has 0 amide bonds. The van der Waals surface area contributed by atoms with Gasteiger partial charge in [0.25, 0.3) is 10.0 Å². The van der Waals surface area contributed by atoms with Gasteiger partial charge < -0.3 is 15.2 Å². The number of hydrogen-bond acceptors (Lipinski definition) is 7. The monoisotopic (exact) mass is 334 g/mol. The number of carbonyl (C=O) groups is 1. The fourth-order valence-corrected chi connectivity index (χ4v) is 4.81. The smallest absolute Gasteiger partial charge is 0.348 e. The van der Waals surface area contributed by atoms with E-state index in [0.29, 0.717) is 0 Å². The summed E-state index contributed by atoms with van der Waals surface area (Å²) in [6.07, 6.45) is 1.94. The van der Waals surface area contributed by atoms with E-state index >= 15 is 0 Å². The molecule has 1 atom stereocenters. The number of sulfonamides is 1. The highest BCUT2D eigenvalue weighted by Crippen LogP contribution is 2.36. The Balaban J connectivity index is 2.29. The van der Waals surface area contributed by atoms with Crippen LogP contribution in [0.2, 0.25) is 0 Å². The first kappa shape index (κ1) is 16.2. The van der Waals surface area contributed by atoms with Crippen LogP contribution in [-0.2, 0) is 14.8 Å². The average Bonchev–Trinajstić information content (AvgIpc) is 3.21. The number of methoxy groups -OCH3 is 2. The Morgan fingerprint density at radius 1 is 1.52 bits per heavy atom. The van der Waals surface area contributed by atoms with Gasteiger partial charge in [-0.3, -0.25) is 0 Å². The van der Waals surface area contributed by atoms with Crippen LogP contribution in [0, 0.1) is 5.92 Å². The summed E-state index contributed by atoms with van der Waals surface area (Å²) >= 11 is 0.817. The maximum Gasteiger partial charge on any atom is 0.348 e. The average molecular weight is 334 g/mol. The third kappa shape index (κ3) is 3.54. The second-order valence-corrected chi connectivity index (χ2v) is 7.72. The van der Waals surface area contributed by atoms with Crippen LogP contribution < -0.4 is 15.2 Å². The van der Waals surface area contributed by atoms with Crippen LogP contribution >= 0.6 is 11.3 Å². The summed E-state index contributed by atoms with van der Waals surface area (Å²) in [4.78, 5) is 11.7. The third-order valence-corrected chi connectivity index (χ3v) is 6.37. The van der Waals surface area contributed by atoms with Crippen molar-refractivity contribution in [3.63, 3.8) is 0 Å². The molecule has 1 saturated carbocycles. The van der Waals surface area contributed by atoms with Crippen LogP contribution in [0.15, 0.2) is 10.3 Å². The first-order valence-electron chi connectivity index (χ1n) is 6.41. The van der Waals surface area contributed by atoms with Crippen LogP contribution in [0.3, 0.4) is 0 Å².